The van der Waals surface area contributed by atoms with Crippen LogP contribution in [0.3, 0.4) is 0 Å². The number of nitrogen functional groups attached to an aromatic ring is 1. The Kier molecular flexibility index (Phi) is 3.20. The summed E-state index contributed by atoms with van der Waals surface area (Å²) in [4.78, 5) is 15.8. The SMILES string of the molecule is CC(Cc1nc(N)c2[nH]cnc2n1)Nc1ccccc1. The van der Waals surface area contributed by atoms with Crippen molar-refractivity contribution in [3.63, 3.8) is 0 Å². The Bertz CT molecular complexity index is 706. The molecule has 4 N–H and O–H groups in total. The number of hydrogen-bond acceptors (Lipinski definition) is 5. The smallest absolute Gasteiger partial charge is 0.183 e. The highest BCUT2D eigenvalue weighted by atomic mass is 15.1. The lowest BCUT2D eigenvalue weighted by atomic mass is 10.2. The summed E-state index contributed by atoms with van der Waals surface area (Å²) in [7, 11) is 0. The van der Waals surface area contributed by atoms with Crippen LogP contribution in [0.15, 0.2) is 36.7 Å². The molecule has 0 aliphatic rings. The average molecular weight is 268 g/mol. The largest absolute Gasteiger partial charge is 0.382 e. The monoisotopic (exact) mass is 268 g/mol. The molecule has 0 aliphatic heterocycles. The van der Waals surface area contributed by atoms with Crippen molar-refractivity contribution >= 4 is 22.7 Å². The second-order valence-electron chi connectivity index (χ2n) is 4.74. The number of hydrogen-bond donors (Lipinski definition) is 3. The van der Waals surface area contributed by atoms with Crippen LogP contribution in [0.1, 0.15) is 12.7 Å². The van der Waals surface area contributed by atoms with E-state index >= 15 is 0 Å². The van der Waals surface area contributed by atoms with Gasteiger partial charge >= 0.3 is 0 Å². The molecule has 102 valence electrons. The minimum atomic E-state index is 0.202. The summed E-state index contributed by atoms with van der Waals surface area (Å²) >= 11 is 0. The number of aromatic nitrogens is 4. The zero-order valence-electron chi connectivity index (χ0n) is 11.2. The van der Waals surface area contributed by atoms with Crippen LogP contribution < -0.4 is 11.1 Å². The normalized spacial score (nSPS) is 12.4. The molecule has 0 bridgehead atoms. The van der Waals surface area contributed by atoms with Crippen molar-refractivity contribution in [1.29, 1.82) is 0 Å². The number of nitrogens with one attached hydrogen (secondary N) is 2. The molecule has 3 aromatic rings. The summed E-state index contributed by atoms with van der Waals surface area (Å²) in [6.07, 6.45) is 2.26. The predicted octanol–water partition coefficient (Wildman–Crippen LogP) is 1.98. The third-order valence-electron chi connectivity index (χ3n) is 3.04. The van der Waals surface area contributed by atoms with E-state index in [2.05, 4.69) is 32.2 Å². The highest BCUT2D eigenvalue weighted by Gasteiger charge is 2.10. The van der Waals surface area contributed by atoms with Crippen molar-refractivity contribution in [2.45, 2.75) is 19.4 Å². The number of benzene rings is 1. The number of H-pyrrole nitrogens is 1. The van der Waals surface area contributed by atoms with Crippen molar-refractivity contribution in [2.24, 2.45) is 0 Å². The topological polar surface area (TPSA) is 92.5 Å². The molecule has 6 heteroatoms. The molecule has 0 radical (unpaired) electrons. The fourth-order valence-corrected chi connectivity index (χ4v) is 2.14. The Balaban J connectivity index is 1.75. The first-order chi connectivity index (χ1) is 9.72. The molecule has 0 saturated carbocycles. The van der Waals surface area contributed by atoms with Gasteiger partial charge in [0.05, 0.1) is 6.33 Å². The zero-order chi connectivity index (χ0) is 13.9. The van der Waals surface area contributed by atoms with Gasteiger partial charge in [-0.3, -0.25) is 0 Å². The van der Waals surface area contributed by atoms with E-state index in [0.29, 0.717) is 29.2 Å². The van der Waals surface area contributed by atoms with Gasteiger partial charge in [-0.2, -0.15) is 0 Å². The van der Waals surface area contributed by atoms with Gasteiger partial charge in [0.15, 0.2) is 11.5 Å². The summed E-state index contributed by atoms with van der Waals surface area (Å²) in [5.74, 6) is 1.13. The number of anilines is 2. The molecule has 1 aromatic carbocycles. The van der Waals surface area contributed by atoms with E-state index in [-0.39, 0.29) is 6.04 Å². The molecule has 6 nitrogen and oxygen atoms in total. The minimum absolute atomic E-state index is 0.202. The lowest BCUT2D eigenvalue weighted by molar-refractivity contribution is 0.749. The van der Waals surface area contributed by atoms with Crippen LogP contribution in [0.2, 0.25) is 0 Å². The third kappa shape index (κ3) is 2.54. The van der Waals surface area contributed by atoms with E-state index in [1.165, 1.54) is 0 Å². The molecule has 2 aromatic heterocycles. The van der Waals surface area contributed by atoms with Crippen LogP contribution in [0.25, 0.3) is 11.2 Å². The van der Waals surface area contributed by atoms with Crippen LogP contribution >= 0.6 is 0 Å². The number of imidazole rings is 1. The number of fused-ring (bicyclic) bond motifs is 1. The van der Waals surface area contributed by atoms with Gasteiger partial charge < -0.3 is 16.0 Å². The number of para-hydroxylation sites is 1. The maximum atomic E-state index is 5.89. The van der Waals surface area contributed by atoms with Crippen LogP contribution in [0, 0.1) is 0 Å². The molecule has 0 spiro atoms. The Morgan fingerprint density at radius 3 is 2.85 bits per heavy atom. The number of nitrogens with two attached hydrogens (primary N) is 1. The summed E-state index contributed by atoms with van der Waals surface area (Å²) < 4.78 is 0. The molecule has 0 amide bonds. The van der Waals surface area contributed by atoms with Gasteiger partial charge in [-0.05, 0) is 19.1 Å². The van der Waals surface area contributed by atoms with Gasteiger partial charge in [0.2, 0.25) is 0 Å². The van der Waals surface area contributed by atoms with E-state index in [1.54, 1.807) is 6.33 Å². The zero-order valence-corrected chi connectivity index (χ0v) is 11.2. The quantitative estimate of drug-likeness (QED) is 0.673. The standard InChI is InChI=1S/C14H16N6/c1-9(18-10-5-3-2-4-6-10)7-11-19-13(15)12-14(20-11)17-8-16-12/h2-6,8-9,18H,7H2,1H3,(H3,15,16,17,19,20). The molecule has 20 heavy (non-hydrogen) atoms. The summed E-state index contributed by atoms with van der Waals surface area (Å²) in [6.45, 7) is 2.08. The molecule has 0 fully saturated rings. The van der Waals surface area contributed by atoms with E-state index in [4.69, 9.17) is 5.73 Å². The Morgan fingerprint density at radius 1 is 1.25 bits per heavy atom. The van der Waals surface area contributed by atoms with Crippen molar-refractivity contribution in [1.82, 2.24) is 19.9 Å². The summed E-state index contributed by atoms with van der Waals surface area (Å²) in [5.41, 5.74) is 8.27. The van der Waals surface area contributed by atoms with Gasteiger partial charge in [-0.1, -0.05) is 18.2 Å². The van der Waals surface area contributed by atoms with Gasteiger partial charge in [0.1, 0.15) is 11.3 Å². The number of rotatable bonds is 4. The molecule has 1 unspecified atom stereocenters. The molecule has 3 rings (SSSR count). The number of nitrogens with zero attached hydrogens (tertiary/aromatic N) is 3. The van der Waals surface area contributed by atoms with Crippen molar-refractivity contribution in [3.8, 4) is 0 Å². The highest BCUT2D eigenvalue weighted by molar-refractivity contribution is 5.80. The van der Waals surface area contributed by atoms with Crippen molar-refractivity contribution in [2.75, 3.05) is 11.1 Å². The Hall–Kier alpha value is -2.63. The Labute approximate surface area is 116 Å². The second kappa shape index (κ2) is 5.16. The van der Waals surface area contributed by atoms with Crippen LogP contribution in [0.5, 0.6) is 0 Å². The van der Waals surface area contributed by atoms with Gasteiger partial charge in [0.25, 0.3) is 0 Å². The maximum Gasteiger partial charge on any atom is 0.183 e. The van der Waals surface area contributed by atoms with Gasteiger partial charge in [0, 0.05) is 18.2 Å². The first-order valence-electron chi connectivity index (χ1n) is 6.49. The molecular weight excluding hydrogens is 252 g/mol. The fourth-order valence-electron chi connectivity index (χ4n) is 2.14. The molecular formula is C14H16N6. The van der Waals surface area contributed by atoms with E-state index < -0.39 is 0 Å². The molecule has 1 atom stereocenters. The first-order valence-corrected chi connectivity index (χ1v) is 6.49. The second-order valence-corrected chi connectivity index (χ2v) is 4.74. The van der Waals surface area contributed by atoms with Gasteiger partial charge in [-0.15, -0.1) is 0 Å². The highest BCUT2D eigenvalue weighted by Crippen LogP contribution is 2.15. The number of aromatic amines is 1. The van der Waals surface area contributed by atoms with Crippen molar-refractivity contribution < 1.29 is 0 Å². The summed E-state index contributed by atoms with van der Waals surface area (Å²) in [5, 5.41) is 3.40. The first kappa shape index (κ1) is 12.4. The summed E-state index contributed by atoms with van der Waals surface area (Å²) in [6, 6.07) is 10.3. The predicted molar refractivity (Wildman–Crippen MR) is 79.3 cm³/mol. The average Bonchev–Trinajstić information content (AvgIpc) is 2.88. The molecule has 0 aliphatic carbocycles. The lowest BCUT2D eigenvalue weighted by Crippen LogP contribution is -2.19. The molecule has 0 saturated heterocycles. The Morgan fingerprint density at radius 2 is 2.05 bits per heavy atom. The van der Waals surface area contributed by atoms with E-state index in [9.17, 15) is 0 Å². The van der Waals surface area contributed by atoms with Crippen LogP contribution in [0.4, 0.5) is 11.5 Å². The third-order valence-corrected chi connectivity index (χ3v) is 3.04. The fraction of sp³-hybridized carbons (Fsp3) is 0.214. The minimum Gasteiger partial charge on any atom is -0.382 e. The van der Waals surface area contributed by atoms with Crippen LogP contribution in [-0.2, 0) is 6.42 Å². The van der Waals surface area contributed by atoms with Crippen molar-refractivity contribution in [3.05, 3.63) is 42.5 Å². The maximum absolute atomic E-state index is 5.89. The van der Waals surface area contributed by atoms with Crippen LogP contribution in [-0.4, -0.2) is 26.0 Å². The molecule has 2 heterocycles. The lowest BCUT2D eigenvalue weighted by Gasteiger charge is -2.14. The van der Waals surface area contributed by atoms with E-state index in [0.717, 1.165) is 5.69 Å². The van der Waals surface area contributed by atoms with E-state index in [1.807, 2.05) is 30.3 Å². The van der Waals surface area contributed by atoms with Gasteiger partial charge in [-0.25, -0.2) is 15.0 Å².